The van der Waals surface area contributed by atoms with Crippen LogP contribution in [0.25, 0.3) is 0 Å². The van der Waals surface area contributed by atoms with E-state index in [1.807, 2.05) is 0 Å². The lowest BCUT2D eigenvalue weighted by Gasteiger charge is -2.08. The number of anilines is 2. The van der Waals surface area contributed by atoms with E-state index < -0.39 is 11.6 Å². The molecule has 0 spiro atoms. The molecule has 0 fully saturated rings. The molecule has 3 nitrogen and oxygen atoms in total. The Morgan fingerprint density at radius 2 is 1.57 bits per heavy atom. The highest BCUT2D eigenvalue weighted by molar-refractivity contribution is 5.90. The van der Waals surface area contributed by atoms with E-state index in [-0.39, 0.29) is 5.91 Å². The van der Waals surface area contributed by atoms with Gasteiger partial charge in [0.2, 0.25) is 5.91 Å². The van der Waals surface area contributed by atoms with Gasteiger partial charge in [-0.1, -0.05) is 6.92 Å². The number of carbonyl (C=O) groups excluding carboxylic acids is 1. The van der Waals surface area contributed by atoms with Crippen molar-refractivity contribution in [2.45, 2.75) is 19.9 Å². The van der Waals surface area contributed by atoms with Crippen LogP contribution in [0.4, 0.5) is 20.2 Å². The quantitative estimate of drug-likeness (QED) is 0.876. The fourth-order valence-corrected chi connectivity index (χ4v) is 1.84. The second-order valence-electron chi connectivity index (χ2n) is 4.61. The molecule has 2 aromatic carbocycles. The van der Waals surface area contributed by atoms with E-state index in [0.717, 1.165) is 11.8 Å². The molecule has 0 unspecified atom stereocenters. The lowest BCUT2D eigenvalue weighted by molar-refractivity contribution is -0.115. The molecule has 2 aromatic rings. The third kappa shape index (κ3) is 4.56. The minimum Gasteiger partial charge on any atom is -0.381 e. The molecule has 0 aromatic heterocycles. The predicted molar refractivity (Wildman–Crippen MR) is 79.0 cm³/mol. The number of benzene rings is 2. The summed E-state index contributed by atoms with van der Waals surface area (Å²) < 4.78 is 26.1. The van der Waals surface area contributed by atoms with Gasteiger partial charge in [-0.25, -0.2) is 8.78 Å². The van der Waals surface area contributed by atoms with E-state index in [9.17, 15) is 13.6 Å². The minimum atomic E-state index is -0.593. The zero-order valence-electron chi connectivity index (χ0n) is 11.6. The molecule has 0 aliphatic rings. The largest absolute Gasteiger partial charge is 0.381 e. The Hall–Kier alpha value is -2.43. The van der Waals surface area contributed by atoms with Crippen molar-refractivity contribution in [3.63, 3.8) is 0 Å². The van der Waals surface area contributed by atoms with Gasteiger partial charge in [0.1, 0.15) is 11.6 Å². The monoisotopic (exact) mass is 290 g/mol. The lowest BCUT2D eigenvalue weighted by atomic mass is 10.2. The van der Waals surface area contributed by atoms with Gasteiger partial charge in [-0.15, -0.1) is 0 Å². The van der Waals surface area contributed by atoms with Crippen LogP contribution in [0.3, 0.4) is 0 Å². The Labute approximate surface area is 122 Å². The highest BCUT2D eigenvalue weighted by Crippen LogP contribution is 2.15. The summed E-state index contributed by atoms with van der Waals surface area (Å²) in [5.41, 5.74) is 2.04. The van der Waals surface area contributed by atoms with Gasteiger partial charge in [-0.3, -0.25) is 4.79 Å². The fourth-order valence-electron chi connectivity index (χ4n) is 1.84. The molecule has 0 saturated heterocycles. The van der Waals surface area contributed by atoms with Crippen LogP contribution < -0.4 is 10.6 Å². The Bertz CT molecular complexity index is 606. The van der Waals surface area contributed by atoms with Crippen LogP contribution in [0, 0.1) is 11.6 Å². The Morgan fingerprint density at radius 3 is 2.14 bits per heavy atom. The maximum atomic E-state index is 13.1. The highest BCUT2D eigenvalue weighted by Gasteiger charge is 2.02. The summed E-state index contributed by atoms with van der Waals surface area (Å²) in [4.78, 5) is 11.2. The Morgan fingerprint density at radius 1 is 1.00 bits per heavy atom. The van der Waals surface area contributed by atoms with Crippen molar-refractivity contribution in [3.8, 4) is 0 Å². The molecule has 2 rings (SSSR count). The Balaban J connectivity index is 1.95. The topological polar surface area (TPSA) is 41.1 Å². The molecule has 0 saturated carbocycles. The molecular formula is C16H16F2N2O. The average molecular weight is 290 g/mol. The zero-order chi connectivity index (χ0) is 15.2. The number of rotatable bonds is 5. The maximum Gasteiger partial charge on any atom is 0.224 e. The molecule has 0 atom stereocenters. The molecule has 21 heavy (non-hydrogen) atoms. The second-order valence-corrected chi connectivity index (χ2v) is 4.61. The summed E-state index contributed by atoms with van der Waals surface area (Å²) in [5, 5.41) is 5.81. The third-order valence-electron chi connectivity index (χ3n) is 2.91. The number of carbonyl (C=O) groups is 1. The summed E-state index contributed by atoms with van der Waals surface area (Å²) in [6.07, 6.45) is 0.422. The molecule has 0 bridgehead atoms. The first-order chi connectivity index (χ1) is 10.1. The van der Waals surface area contributed by atoms with Crippen LogP contribution in [0.2, 0.25) is 0 Å². The van der Waals surface area contributed by atoms with Gasteiger partial charge < -0.3 is 10.6 Å². The molecule has 0 aliphatic carbocycles. The van der Waals surface area contributed by atoms with Crippen molar-refractivity contribution in [1.82, 2.24) is 0 Å². The first-order valence-electron chi connectivity index (χ1n) is 6.65. The van der Waals surface area contributed by atoms with E-state index in [1.54, 1.807) is 31.2 Å². The fraction of sp³-hybridized carbons (Fsp3) is 0.188. The van der Waals surface area contributed by atoms with Crippen molar-refractivity contribution in [2.24, 2.45) is 0 Å². The van der Waals surface area contributed by atoms with E-state index in [1.165, 1.54) is 12.1 Å². The average Bonchev–Trinajstić information content (AvgIpc) is 2.45. The molecule has 0 heterocycles. The number of halogens is 2. The number of nitrogens with one attached hydrogen (secondary N) is 2. The summed E-state index contributed by atoms with van der Waals surface area (Å²) in [6.45, 7) is 2.10. The van der Waals surface area contributed by atoms with Crippen LogP contribution in [-0.2, 0) is 11.3 Å². The Kier molecular flexibility index (Phi) is 4.87. The van der Waals surface area contributed by atoms with Crippen LogP contribution in [0.5, 0.6) is 0 Å². The second kappa shape index (κ2) is 6.83. The highest BCUT2D eigenvalue weighted by atomic mass is 19.1. The summed E-state index contributed by atoms with van der Waals surface area (Å²) >= 11 is 0. The number of hydrogen-bond donors (Lipinski definition) is 2. The summed E-state index contributed by atoms with van der Waals surface area (Å²) in [7, 11) is 0. The van der Waals surface area contributed by atoms with E-state index in [4.69, 9.17) is 0 Å². The first-order valence-corrected chi connectivity index (χ1v) is 6.65. The molecule has 0 radical (unpaired) electrons. The van der Waals surface area contributed by atoms with Gasteiger partial charge in [0.25, 0.3) is 0 Å². The van der Waals surface area contributed by atoms with Crippen LogP contribution in [0.1, 0.15) is 18.9 Å². The summed E-state index contributed by atoms with van der Waals surface area (Å²) in [6, 6.07) is 10.5. The summed E-state index contributed by atoms with van der Waals surface area (Å²) in [5.74, 6) is -1.24. The van der Waals surface area contributed by atoms with Gasteiger partial charge in [0, 0.05) is 30.4 Å². The smallest absolute Gasteiger partial charge is 0.224 e. The van der Waals surface area contributed by atoms with Crippen LogP contribution >= 0.6 is 0 Å². The molecule has 5 heteroatoms. The van der Waals surface area contributed by atoms with Gasteiger partial charge in [0.05, 0.1) is 0 Å². The normalized spacial score (nSPS) is 10.2. The van der Waals surface area contributed by atoms with Gasteiger partial charge >= 0.3 is 0 Å². The lowest BCUT2D eigenvalue weighted by Crippen LogP contribution is -2.09. The number of hydrogen-bond acceptors (Lipinski definition) is 2. The predicted octanol–water partition coefficient (Wildman–Crippen LogP) is 3.93. The standard InChI is InChI=1S/C16H16F2N2O/c1-2-16(21)20-15-5-3-14(4-6-15)19-10-11-7-12(17)9-13(18)8-11/h3-9,19H,2,10H2,1H3,(H,20,21). The van der Waals surface area contributed by atoms with Gasteiger partial charge in [-0.05, 0) is 42.0 Å². The SMILES string of the molecule is CCC(=O)Nc1ccc(NCc2cc(F)cc(F)c2)cc1. The molecule has 2 N–H and O–H groups in total. The van der Waals surface area contributed by atoms with E-state index in [2.05, 4.69) is 10.6 Å². The van der Waals surface area contributed by atoms with Crippen LogP contribution in [-0.4, -0.2) is 5.91 Å². The van der Waals surface area contributed by atoms with Crippen molar-refractivity contribution >= 4 is 17.3 Å². The molecule has 1 amide bonds. The van der Waals surface area contributed by atoms with E-state index in [0.29, 0.717) is 24.2 Å². The van der Waals surface area contributed by atoms with Crippen LogP contribution in [0.15, 0.2) is 42.5 Å². The third-order valence-corrected chi connectivity index (χ3v) is 2.91. The zero-order valence-corrected chi connectivity index (χ0v) is 11.6. The van der Waals surface area contributed by atoms with E-state index >= 15 is 0 Å². The first kappa shape index (κ1) is 15.0. The number of amides is 1. The molecule has 0 aliphatic heterocycles. The van der Waals surface area contributed by atoms with Crippen molar-refractivity contribution in [3.05, 3.63) is 59.7 Å². The van der Waals surface area contributed by atoms with Gasteiger partial charge in [0.15, 0.2) is 0 Å². The minimum absolute atomic E-state index is 0.0501. The van der Waals surface area contributed by atoms with Gasteiger partial charge in [-0.2, -0.15) is 0 Å². The molecule has 110 valence electrons. The van der Waals surface area contributed by atoms with Crippen molar-refractivity contribution < 1.29 is 13.6 Å². The maximum absolute atomic E-state index is 13.1. The molecular weight excluding hydrogens is 274 g/mol. The van der Waals surface area contributed by atoms with Crippen molar-refractivity contribution in [1.29, 1.82) is 0 Å². The van der Waals surface area contributed by atoms with Crippen molar-refractivity contribution in [2.75, 3.05) is 10.6 Å².